The monoisotopic (exact) mass is 257 g/mol. The first kappa shape index (κ1) is 11.0. The number of benzene rings is 1. The van der Waals surface area contributed by atoms with Crippen LogP contribution in [0.15, 0.2) is 24.3 Å². The lowest BCUT2D eigenvalue weighted by Crippen LogP contribution is -2.33. The van der Waals surface area contributed by atoms with Gasteiger partial charge >= 0.3 is 5.97 Å². The molecule has 1 aromatic rings. The number of carbonyl (C=O) groups is 1. The van der Waals surface area contributed by atoms with Gasteiger partial charge in [0.25, 0.3) is 0 Å². The minimum atomic E-state index is -0.769. The van der Waals surface area contributed by atoms with E-state index in [2.05, 4.69) is 5.32 Å². The molecule has 4 heteroatoms. The molecule has 76 valence electrons. The first-order valence-electron chi connectivity index (χ1n) is 4.34. The number of carboxylic acid groups (broad SMARTS) is 1. The highest BCUT2D eigenvalue weighted by Crippen LogP contribution is 2.23. The predicted octanol–water partition coefficient (Wildman–Crippen LogP) is 2.08. The van der Waals surface area contributed by atoms with Crippen molar-refractivity contribution in [1.82, 2.24) is 0 Å². The molecule has 2 N–H and O–H groups in total. The number of fused-ring (bicyclic) bond motifs is 1. The highest BCUT2D eigenvalue weighted by atomic mass is 79.9. The van der Waals surface area contributed by atoms with Crippen molar-refractivity contribution in [3.05, 3.63) is 29.8 Å². The Morgan fingerprint density at radius 2 is 2.14 bits per heavy atom. The summed E-state index contributed by atoms with van der Waals surface area (Å²) in [6, 6.07) is 7.41. The Kier molecular flexibility index (Phi) is 3.52. The van der Waals surface area contributed by atoms with Gasteiger partial charge in [0.2, 0.25) is 0 Å². The number of halogens is 1. The number of nitrogens with one attached hydrogen (secondary N) is 1. The normalized spacial score (nSPS) is 18.7. The van der Waals surface area contributed by atoms with E-state index in [9.17, 15) is 4.79 Å². The summed E-state index contributed by atoms with van der Waals surface area (Å²) in [4.78, 5) is 10.7. The van der Waals surface area contributed by atoms with Crippen molar-refractivity contribution in [3.8, 4) is 0 Å². The predicted molar refractivity (Wildman–Crippen MR) is 60.1 cm³/mol. The quantitative estimate of drug-likeness (QED) is 0.810. The summed E-state index contributed by atoms with van der Waals surface area (Å²) < 4.78 is 0. The molecule has 0 amide bonds. The van der Waals surface area contributed by atoms with Gasteiger partial charge in [-0.2, -0.15) is 0 Å². The minimum Gasteiger partial charge on any atom is -0.480 e. The highest BCUT2D eigenvalue weighted by Gasteiger charge is 2.22. The van der Waals surface area contributed by atoms with E-state index in [1.54, 1.807) is 0 Å². The Balaban J connectivity index is 0.000000980. The van der Waals surface area contributed by atoms with Crippen LogP contribution in [0.5, 0.6) is 0 Å². The molecule has 3 nitrogen and oxygen atoms in total. The minimum absolute atomic E-state index is 0. The van der Waals surface area contributed by atoms with Gasteiger partial charge in [-0.3, -0.25) is 0 Å². The molecule has 1 atom stereocenters. The first-order chi connectivity index (χ1) is 6.27. The van der Waals surface area contributed by atoms with Crippen LogP contribution in [0, 0.1) is 0 Å². The number of anilines is 1. The van der Waals surface area contributed by atoms with Gasteiger partial charge in [-0.15, -0.1) is 17.0 Å². The van der Waals surface area contributed by atoms with Gasteiger partial charge in [0, 0.05) is 5.69 Å². The zero-order valence-electron chi connectivity index (χ0n) is 7.56. The lowest BCUT2D eigenvalue weighted by molar-refractivity contribution is -0.138. The van der Waals surface area contributed by atoms with Gasteiger partial charge in [0.1, 0.15) is 6.04 Å². The molecule has 0 spiro atoms. The van der Waals surface area contributed by atoms with Crippen LogP contribution >= 0.6 is 17.0 Å². The smallest absolute Gasteiger partial charge is 0.326 e. The number of rotatable bonds is 1. The van der Waals surface area contributed by atoms with Crippen molar-refractivity contribution in [3.63, 3.8) is 0 Å². The van der Waals surface area contributed by atoms with Crippen molar-refractivity contribution >= 4 is 28.6 Å². The molecule has 0 saturated carbocycles. The fourth-order valence-corrected chi connectivity index (χ4v) is 1.62. The molecule has 1 aliphatic heterocycles. The fourth-order valence-electron chi connectivity index (χ4n) is 1.62. The summed E-state index contributed by atoms with van der Waals surface area (Å²) in [6.07, 6.45) is 1.52. The standard InChI is InChI=1S/C10H11NO2.BrH/c12-10(13)9-6-5-7-3-1-2-4-8(7)11-9;/h1-4,9,11H,5-6H2,(H,12,13);1H. The average Bonchev–Trinajstić information content (AvgIpc) is 2.17. The van der Waals surface area contributed by atoms with Crippen LogP contribution in [0.25, 0.3) is 0 Å². The number of aryl methyl sites for hydroxylation is 1. The summed E-state index contributed by atoms with van der Waals surface area (Å²) >= 11 is 0. The molecular formula is C10H12BrNO2. The molecule has 14 heavy (non-hydrogen) atoms. The second kappa shape index (κ2) is 4.46. The summed E-state index contributed by atoms with van der Waals surface area (Å²) in [5.74, 6) is -0.769. The molecular weight excluding hydrogens is 246 g/mol. The molecule has 2 rings (SSSR count). The lowest BCUT2D eigenvalue weighted by Gasteiger charge is -2.23. The van der Waals surface area contributed by atoms with Crippen LogP contribution in [0.3, 0.4) is 0 Å². The largest absolute Gasteiger partial charge is 0.480 e. The third-order valence-electron chi connectivity index (χ3n) is 2.35. The summed E-state index contributed by atoms with van der Waals surface area (Å²) in [7, 11) is 0. The van der Waals surface area contributed by atoms with Gasteiger partial charge < -0.3 is 10.4 Å². The zero-order chi connectivity index (χ0) is 9.26. The van der Waals surface area contributed by atoms with Crippen molar-refractivity contribution in [2.24, 2.45) is 0 Å². The van der Waals surface area contributed by atoms with Gasteiger partial charge in [0.05, 0.1) is 0 Å². The molecule has 0 fully saturated rings. The molecule has 0 radical (unpaired) electrons. The van der Waals surface area contributed by atoms with Crippen LogP contribution in [-0.2, 0) is 11.2 Å². The van der Waals surface area contributed by atoms with Crippen LogP contribution < -0.4 is 5.32 Å². The maximum atomic E-state index is 10.7. The topological polar surface area (TPSA) is 49.3 Å². The molecule has 0 aliphatic carbocycles. The van der Waals surface area contributed by atoms with Gasteiger partial charge in [-0.25, -0.2) is 4.79 Å². The number of aliphatic carboxylic acids is 1. The summed E-state index contributed by atoms with van der Waals surface area (Å²) in [5, 5.41) is 11.8. The first-order valence-corrected chi connectivity index (χ1v) is 4.34. The van der Waals surface area contributed by atoms with E-state index >= 15 is 0 Å². The highest BCUT2D eigenvalue weighted by molar-refractivity contribution is 8.93. The van der Waals surface area contributed by atoms with E-state index in [1.165, 1.54) is 5.56 Å². The molecule has 1 aliphatic rings. The van der Waals surface area contributed by atoms with E-state index in [-0.39, 0.29) is 17.0 Å². The van der Waals surface area contributed by atoms with E-state index in [0.717, 1.165) is 12.1 Å². The second-order valence-corrected chi connectivity index (χ2v) is 3.23. The number of carboxylic acids is 1. The Morgan fingerprint density at radius 3 is 2.86 bits per heavy atom. The molecule has 1 heterocycles. The molecule has 1 unspecified atom stereocenters. The summed E-state index contributed by atoms with van der Waals surface area (Å²) in [6.45, 7) is 0. The molecule has 0 saturated heterocycles. The third-order valence-corrected chi connectivity index (χ3v) is 2.35. The Morgan fingerprint density at radius 1 is 1.43 bits per heavy atom. The van der Waals surface area contributed by atoms with E-state index in [4.69, 9.17) is 5.11 Å². The lowest BCUT2D eigenvalue weighted by atomic mass is 9.98. The summed E-state index contributed by atoms with van der Waals surface area (Å²) in [5.41, 5.74) is 2.17. The molecule has 0 bridgehead atoms. The van der Waals surface area contributed by atoms with Crippen LogP contribution in [0.2, 0.25) is 0 Å². The number of hydrogen-bond donors (Lipinski definition) is 2. The van der Waals surface area contributed by atoms with Crippen LogP contribution in [-0.4, -0.2) is 17.1 Å². The van der Waals surface area contributed by atoms with Gasteiger partial charge in [0.15, 0.2) is 0 Å². The Labute approximate surface area is 92.9 Å². The maximum absolute atomic E-state index is 10.7. The Hall–Kier alpha value is -1.03. The third kappa shape index (κ3) is 2.07. The van der Waals surface area contributed by atoms with E-state index in [0.29, 0.717) is 6.42 Å². The van der Waals surface area contributed by atoms with Crippen molar-refractivity contribution < 1.29 is 9.90 Å². The number of para-hydroxylation sites is 1. The van der Waals surface area contributed by atoms with Gasteiger partial charge in [-0.1, -0.05) is 18.2 Å². The SMILES string of the molecule is Br.O=C(O)C1CCc2ccccc2N1. The Bertz CT molecular complexity index is 341. The van der Waals surface area contributed by atoms with Crippen molar-refractivity contribution in [2.45, 2.75) is 18.9 Å². The van der Waals surface area contributed by atoms with Crippen LogP contribution in [0.4, 0.5) is 5.69 Å². The van der Waals surface area contributed by atoms with E-state index < -0.39 is 12.0 Å². The van der Waals surface area contributed by atoms with Crippen molar-refractivity contribution in [2.75, 3.05) is 5.32 Å². The van der Waals surface area contributed by atoms with E-state index in [1.807, 2.05) is 24.3 Å². The zero-order valence-corrected chi connectivity index (χ0v) is 9.28. The van der Waals surface area contributed by atoms with Crippen LogP contribution in [0.1, 0.15) is 12.0 Å². The molecule has 0 aromatic heterocycles. The maximum Gasteiger partial charge on any atom is 0.326 e. The molecule has 1 aromatic carbocycles. The van der Waals surface area contributed by atoms with Gasteiger partial charge in [-0.05, 0) is 24.5 Å². The average molecular weight is 258 g/mol. The van der Waals surface area contributed by atoms with Crippen molar-refractivity contribution in [1.29, 1.82) is 0 Å². The number of hydrogen-bond acceptors (Lipinski definition) is 2. The fraction of sp³-hybridized carbons (Fsp3) is 0.300. The second-order valence-electron chi connectivity index (χ2n) is 3.23.